The number of carbonyl (C=O) groups is 2. The Morgan fingerprint density at radius 3 is 2.42 bits per heavy atom. The zero-order valence-corrected chi connectivity index (χ0v) is 22.2. The molecule has 3 aromatic rings. The second kappa shape index (κ2) is 14.3. The van der Waals surface area contributed by atoms with E-state index in [1.165, 1.54) is 19.1 Å². The molecule has 0 spiro atoms. The third-order valence-corrected chi connectivity index (χ3v) is 5.50. The topological polar surface area (TPSA) is 131 Å². The molecule has 0 radical (unpaired) electrons. The smallest absolute Gasteiger partial charge is 0.271 e. The SMILES string of the molecule is C=NN(C1=CCCc2ccc(NC(=O)c3ccccc3Cl)cc21)c1cccc([N+](=O)[O-])c1.CC.CC(N)=O. The van der Waals surface area contributed by atoms with Gasteiger partial charge in [-0.05, 0) is 48.7 Å². The molecule has 1 aliphatic carbocycles. The van der Waals surface area contributed by atoms with E-state index in [4.69, 9.17) is 11.6 Å². The number of primary amides is 1. The fraction of sp³-hybridized carbons (Fsp3) is 0.179. The number of halogens is 1. The van der Waals surface area contributed by atoms with Gasteiger partial charge in [-0.2, -0.15) is 5.10 Å². The highest BCUT2D eigenvalue weighted by Crippen LogP contribution is 2.35. The molecule has 198 valence electrons. The number of fused-ring (bicyclic) bond motifs is 1. The molecule has 1 aliphatic rings. The summed E-state index contributed by atoms with van der Waals surface area (Å²) in [6.07, 6.45) is 3.63. The molecule has 0 aromatic heterocycles. The Labute approximate surface area is 226 Å². The van der Waals surface area contributed by atoms with Crippen molar-refractivity contribution in [2.24, 2.45) is 10.8 Å². The summed E-state index contributed by atoms with van der Waals surface area (Å²) in [6.45, 7) is 8.97. The van der Waals surface area contributed by atoms with Crippen molar-refractivity contribution in [3.8, 4) is 0 Å². The second-order valence-corrected chi connectivity index (χ2v) is 8.18. The molecule has 3 aromatic carbocycles. The lowest BCUT2D eigenvalue weighted by Gasteiger charge is -2.27. The predicted molar refractivity (Wildman–Crippen MR) is 153 cm³/mol. The summed E-state index contributed by atoms with van der Waals surface area (Å²) in [7, 11) is 0. The molecule has 0 atom stereocenters. The zero-order valence-electron chi connectivity index (χ0n) is 21.5. The van der Waals surface area contributed by atoms with Gasteiger partial charge in [0.2, 0.25) is 5.91 Å². The average Bonchev–Trinajstić information content (AvgIpc) is 2.90. The number of aryl methyl sites for hydroxylation is 1. The monoisotopic (exact) mass is 535 g/mol. The number of nitrogens with two attached hydrogens (primary N) is 1. The van der Waals surface area contributed by atoms with Crippen LogP contribution in [-0.4, -0.2) is 23.5 Å². The van der Waals surface area contributed by atoms with Gasteiger partial charge in [0.15, 0.2) is 0 Å². The summed E-state index contributed by atoms with van der Waals surface area (Å²) in [5, 5.41) is 20.2. The van der Waals surface area contributed by atoms with Crippen molar-refractivity contribution in [1.29, 1.82) is 0 Å². The lowest BCUT2D eigenvalue weighted by atomic mass is 9.93. The molecule has 38 heavy (non-hydrogen) atoms. The molecule has 4 rings (SSSR count). The van der Waals surface area contributed by atoms with Crippen LogP contribution < -0.4 is 16.1 Å². The molecule has 0 bridgehead atoms. The minimum atomic E-state index is -0.448. The Balaban J connectivity index is 0.000000773. The van der Waals surface area contributed by atoms with Crippen molar-refractivity contribution in [3.05, 3.63) is 105 Å². The molecule has 0 saturated heterocycles. The molecule has 9 nitrogen and oxygen atoms in total. The number of nitro groups is 1. The van der Waals surface area contributed by atoms with Crippen LogP contribution in [0.3, 0.4) is 0 Å². The normalized spacial score (nSPS) is 11.2. The number of rotatable bonds is 6. The Morgan fingerprint density at radius 2 is 1.79 bits per heavy atom. The van der Waals surface area contributed by atoms with Gasteiger partial charge in [-0.15, -0.1) is 0 Å². The van der Waals surface area contributed by atoms with Gasteiger partial charge in [0, 0.05) is 37.0 Å². The number of anilines is 2. The second-order valence-electron chi connectivity index (χ2n) is 7.77. The number of hydrazone groups is 1. The van der Waals surface area contributed by atoms with Gasteiger partial charge >= 0.3 is 0 Å². The number of allylic oxidation sites excluding steroid dienone is 1. The summed E-state index contributed by atoms with van der Waals surface area (Å²) < 4.78 is 0. The van der Waals surface area contributed by atoms with E-state index in [1.54, 1.807) is 41.4 Å². The van der Waals surface area contributed by atoms with Crippen LogP contribution in [0.1, 0.15) is 48.7 Å². The Morgan fingerprint density at radius 1 is 1.11 bits per heavy atom. The average molecular weight is 536 g/mol. The Hall–Kier alpha value is -4.50. The van der Waals surface area contributed by atoms with Gasteiger partial charge in [0.25, 0.3) is 11.6 Å². The van der Waals surface area contributed by atoms with Crippen LogP contribution in [0.4, 0.5) is 17.1 Å². The molecule has 0 fully saturated rings. The highest BCUT2D eigenvalue weighted by Gasteiger charge is 2.21. The summed E-state index contributed by atoms with van der Waals surface area (Å²) in [5.74, 6) is -0.644. The number of nitro benzene ring substituents is 1. The van der Waals surface area contributed by atoms with Crippen LogP contribution in [0.15, 0.2) is 77.9 Å². The first-order chi connectivity index (χ1) is 18.2. The van der Waals surface area contributed by atoms with E-state index in [0.717, 1.165) is 29.7 Å². The van der Waals surface area contributed by atoms with Gasteiger partial charge in [-0.3, -0.25) is 19.7 Å². The standard InChI is InChI=1S/C24H19ClN4O3.C2H5NO.C2H6/c1-26-28(18-7-5-8-19(15-18)29(31)32)23-11-4-6-16-12-13-17(14-21(16)23)27-24(30)20-9-2-3-10-22(20)25;1-2(3)4;1-2/h2-3,5,7-15H,1,4,6H2,(H,27,30);1H3,(H2,3,4);1-2H3. The number of non-ortho nitro benzene ring substituents is 1. The van der Waals surface area contributed by atoms with Crippen LogP contribution in [0.5, 0.6) is 0 Å². The van der Waals surface area contributed by atoms with Crippen molar-refractivity contribution in [3.63, 3.8) is 0 Å². The van der Waals surface area contributed by atoms with Crippen LogP contribution in [0, 0.1) is 10.1 Å². The van der Waals surface area contributed by atoms with E-state index < -0.39 is 4.92 Å². The molecule has 0 aliphatic heterocycles. The minimum absolute atomic E-state index is 0.0338. The highest BCUT2D eigenvalue weighted by molar-refractivity contribution is 6.34. The predicted octanol–water partition coefficient (Wildman–Crippen LogP) is 6.43. The van der Waals surface area contributed by atoms with Crippen molar-refractivity contribution in [1.82, 2.24) is 0 Å². The fourth-order valence-electron chi connectivity index (χ4n) is 3.66. The lowest BCUT2D eigenvalue weighted by Crippen LogP contribution is -2.18. The third-order valence-electron chi connectivity index (χ3n) is 5.17. The maximum atomic E-state index is 12.7. The lowest BCUT2D eigenvalue weighted by molar-refractivity contribution is -0.384. The highest BCUT2D eigenvalue weighted by atomic mass is 35.5. The van der Waals surface area contributed by atoms with Gasteiger partial charge in [0.05, 0.1) is 26.9 Å². The number of benzene rings is 3. The van der Waals surface area contributed by atoms with Crippen LogP contribution in [0.25, 0.3) is 5.70 Å². The molecule has 3 N–H and O–H groups in total. The minimum Gasteiger partial charge on any atom is -0.370 e. The van der Waals surface area contributed by atoms with Gasteiger partial charge in [-0.1, -0.05) is 55.8 Å². The van der Waals surface area contributed by atoms with Gasteiger partial charge < -0.3 is 11.1 Å². The number of nitrogens with zero attached hydrogens (tertiary/aromatic N) is 3. The Bertz CT molecular complexity index is 1350. The summed E-state index contributed by atoms with van der Waals surface area (Å²) in [4.78, 5) is 32.7. The fourth-order valence-corrected chi connectivity index (χ4v) is 3.89. The van der Waals surface area contributed by atoms with Crippen LogP contribution in [0.2, 0.25) is 5.02 Å². The molecular weight excluding hydrogens is 506 g/mol. The summed E-state index contributed by atoms with van der Waals surface area (Å²) in [5.41, 5.74) is 8.64. The molecule has 10 heteroatoms. The quantitative estimate of drug-likeness (QED) is 0.213. The van der Waals surface area contributed by atoms with E-state index in [-0.39, 0.29) is 17.5 Å². The Kier molecular flexibility index (Phi) is 11.2. The molecule has 0 heterocycles. The van der Waals surface area contributed by atoms with Crippen molar-refractivity contribution < 1.29 is 14.5 Å². The summed E-state index contributed by atoms with van der Waals surface area (Å²) >= 11 is 6.14. The van der Waals surface area contributed by atoms with E-state index >= 15 is 0 Å². The van der Waals surface area contributed by atoms with E-state index in [2.05, 4.69) is 22.9 Å². The molecule has 0 unspecified atom stereocenters. The number of carbonyl (C=O) groups excluding carboxylic acids is 2. The molecule has 2 amide bonds. The van der Waals surface area contributed by atoms with Crippen LogP contribution in [-0.2, 0) is 11.2 Å². The molecular formula is C28H30ClN5O4. The zero-order chi connectivity index (χ0) is 28.2. The number of hydrogen-bond donors (Lipinski definition) is 2. The third kappa shape index (κ3) is 7.75. The van der Waals surface area contributed by atoms with Crippen molar-refractivity contribution in [2.75, 3.05) is 10.3 Å². The van der Waals surface area contributed by atoms with Crippen LogP contribution >= 0.6 is 11.6 Å². The first-order valence-electron chi connectivity index (χ1n) is 11.9. The first kappa shape index (κ1) is 29.7. The number of amides is 2. The van der Waals surface area contributed by atoms with E-state index in [0.29, 0.717) is 22.0 Å². The number of hydrogen-bond acceptors (Lipinski definition) is 6. The molecule has 0 saturated carbocycles. The van der Waals surface area contributed by atoms with E-state index in [1.807, 2.05) is 38.1 Å². The van der Waals surface area contributed by atoms with Crippen molar-refractivity contribution >= 4 is 52.9 Å². The maximum absolute atomic E-state index is 12.7. The number of nitrogens with one attached hydrogen (secondary N) is 1. The summed E-state index contributed by atoms with van der Waals surface area (Å²) in [6, 6.07) is 18.7. The van der Waals surface area contributed by atoms with Crippen molar-refractivity contribution in [2.45, 2.75) is 33.6 Å². The largest absolute Gasteiger partial charge is 0.370 e. The maximum Gasteiger partial charge on any atom is 0.271 e. The van der Waals surface area contributed by atoms with Gasteiger partial charge in [0.1, 0.15) is 0 Å². The first-order valence-corrected chi connectivity index (χ1v) is 12.3. The van der Waals surface area contributed by atoms with E-state index in [9.17, 15) is 19.7 Å². The van der Waals surface area contributed by atoms with Gasteiger partial charge in [-0.25, -0.2) is 5.01 Å².